The number of alkyl halides is 4. The van der Waals surface area contributed by atoms with Crippen molar-refractivity contribution in [2.24, 2.45) is 0 Å². The van der Waals surface area contributed by atoms with Gasteiger partial charge in [-0.2, -0.15) is 0 Å². The molecule has 16 heteroatoms. The predicted octanol–water partition coefficient (Wildman–Crippen LogP) is 13.3. The number of pyridine rings is 2. The van der Waals surface area contributed by atoms with E-state index in [1.807, 2.05) is 105 Å². The SMILES string of the molecule is CC.COc1ccc(-c2cnc(N3CCCC(F)(F)CC3)c(C(=O)Nc3cccc(SC)c3)c2C)cc1.CSc1cccc(NC(=O)c2c(N3CCCC(F)(F)CC3)ncc(Cl)c2C)c1. The number of carbonyl (C=O) groups is 2. The topological polar surface area (TPSA) is 99.7 Å². The quantitative estimate of drug-likeness (QED) is 0.105. The Morgan fingerprint density at radius 1 is 0.677 bits per heavy atom. The number of anilines is 4. The number of thioether (sulfide) groups is 2. The predicted molar refractivity (Wildman–Crippen MR) is 261 cm³/mol. The lowest BCUT2D eigenvalue weighted by Gasteiger charge is -2.26. The van der Waals surface area contributed by atoms with Crippen LogP contribution in [0.4, 0.5) is 40.6 Å². The molecule has 0 unspecified atom stereocenters. The van der Waals surface area contributed by atoms with Crippen molar-refractivity contribution in [3.8, 4) is 16.9 Å². The summed E-state index contributed by atoms with van der Waals surface area (Å²) < 4.78 is 60.9. The first kappa shape index (κ1) is 51.0. The van der Waals surface area contributed by atoms with Gasteiger partial charge in [0.15, 0.2) is 0 Å². The fraction of sp³-hybridized carbons (Fsp3) is 0.388. The number of rotatable bonds is 10. The first-order chi connectivity index (χ1) is 31.1. The summed E-state index contributed by atoms with van der Waals surface area (Å²) in [6.07, 6.45) is 6.98. The van der Waals surface area contributed by atoms with Crippen molar-refractivity contribution >= 4 is 69.9 Å². The van der Waals surface area contributed by atoms with Crippen LogP contribution >= 0.6 is 35.1 Å². The van der Waals surface area contributed by atoms with Gasteiger partial charge in [-0.1, -0.05) is 49.7 Å². The van der Waals surface area contributed by atoms with E-state index >= 15 is 0 Å². The van der Waals surface area contributed by atoms with Crippen LogP contribution in [0.25, 0.3) is 11.1 Å². The zero-order chi connectivity index (χ0) is 47.3. The van der Waals surface area contributed by atoms with Gasteiger partial charge in [-0.05, 0) is 104 Å². The molecular weight excluding hydrogens is 896 g/mol. The minimum absolute atomic E-state index is 0.142. The molecule has 0 spiro atoms. The highest BCUT2D eigenvalue weighted by Gasteiger charge is 2.35. The molecule has 7 rings (SSSR count). The maximum atomic E-state index is 14.1. The van der Waals surface area contributed by atoms with Gasteiger partial charge < -0.3 is 25.2 Å². The molecule has 2 N–H and O–H groups in total. The molecule has 4 heterocycles. The van der Waals surface area contributed by atoms with E-state index in [1.54, 1.807) is 54.7 Å². The second-order valence-electron chi connectivity index (χ2n) is 15.4. The Balaban J connectivity index is 0.000000241. The molecule has 9 nitrogen and oxygen atoms in total. The van der Waals surface area contributed by atoms with Crippen molar-refractivity contribution < 1.29 is 31.9 Å². The number of nitrogens with zero attached hydrogens (tertiary/aromatic N) is 4. The molecule has 2 aliphatic rings. The van der Waals surface area contributed by atoms with E-state index < -0.39 is 11.8 Å². The fourth-order valence-corrected chi connectivity index (χ4v) is 8.64. The number of aromatic nitrogens is 2. The van der Waals surface area contributed by atoms with E-state index in [-0.39, 0.29) is 50.6 Å². The number of benzene rings is 3. The van der Waals surface area contributed by atoms with Gasteiger partial charge in [-0.25, -0.2) is 27.5 Å². The largest absolute Gasteiger partial charge is 0.497 e. The monoisotopic (exact) mass is 952 g/mol. The van der Waals surface area contributed by atoms with Crippen LogP contribution in [0.5, 0.6) is 5.75 Å². The van der Waals surface area contributed by atoms with Gasteiger partial charge in [0, 0.05) is 91.0 Å². The number of ether oxygens (including phenoxy) is 1. The summed E-state index contributed by atoms with van der Waals surface area (Å²) >= 11 is 9.37. The maximum Gasteiger partial charge on any atom is 0.259 e. The standard InChI is InChI=1S/C27H29F2N3O2S.C20H22ClF2N3OS.C2H6/c1-18-23(19-8-10-21(34-2)11-9-19)17-30-25(32-14-5-12-27(28,29)13-15-32)24(18)26(33)31-20-6-4-7-22(16-20)35-3;1-13-16(21)12-24-18(26-9-4-7-20(22,23)8-10-26)17(13)19(27)25-14-5-3-6-15(11-14)28-2;1-2/h4,6-11,16-17H,5,12-15H2,1-3H3,(H,31,33);3,5-6,11-12H,4,7-10H2,1-2H3,(H,25,27);1-2H3. The third kappa shape index (κ3) is 13.5. The first-order valence-corrected chi connectivity index (χ1v) is 24.4. The molecule has 65 heavy (non-hydrogen) atoms. The summed E-state index contributed by atoms with van der Waals surface area (Å²) in [6.45, 7) is 8.75. The maximum absolute atomic E-state index is 14.1. The lowest BCUT2D eigenvalue weighted by Crippen LogP contribution is -2.30. The van der Waals surface area contributed by atoms with Crippen molar-refractivity contribution in [2.45, 2.75) is 87.9 Å². The highest BCUT2D eigenvalue weighted by Crippen LogP contribution is 2.37. The third-order valence-electron chi connectivity index (χ3n) is 11.1. The summed E-state index contributed by atoms with van der Waals surface area (Å²) in [5.41, 5.74) is 5.08. The zero-order valence-electron chi connectivity index (χ0n) is 37.9. The molecule has 0 saturated carbocycles. The Bertz CT molecular complexity index is 2410. The van der Waals surface area contributed by atoms with Crippen molar-refractivity contribution in [1.29, 1.82) is 0 Å². The average molecular weight is 954 g/mol. The van der Waals surface area contributed by atoms with Crippen LogP contribution in [0.2, 0.25) is 5.02 Å². The summed E-state index contributed by atoms with van der Waals surface area (Å²) in [4.78, 5) is 41.3. The number of hydrogen-bond donors (Lipinski definition) is 2. The highest BCUT2D eigenvalue weighted by molar-refractivity contribution is 7.98. The van der Waals surface area contributed by atoms with Gasteiger partial charge in [0.1, 0.15) is 17.4 Å². The van der Waals surface area contributed by atoms with Crippen LogP contribution in [-0.4, -0.2) is 79.4 Å². The summed E-state index contributed by atoms with van der Waals surface area (Å²) in [5.74, 6) is -4.47. The Morgan fingerprint density at radius 3 is 1.60 bits per heavy atom. The number of halogens is 5. The molecule has 0 aliphatic carbocycles. The number of hydrogen-bond acceptors (Lipinski definition) is 9. The molecule has 2 aromatic heterocycles. The van der Waals surface area contributed by atoms with E-state index in [4.69, 9.17) is 16.3 Å². The number of nitrogens with one attached hydrogen (secondary N) is 2. The van der Waals surface area contributed by atoms with Gasteiger partial charge in [0.05, 0.1) is 23.3 Å². The lowest BCUT2D eigenvalue weighted by molar-refractivity contribution is -0.0108. The summed E-state index contributed by atoms with van der Waals surface area (Å²) in [7, 11) is 1.61. The summed E-state index contributed by atoms with van der Waals surface area (Å²) in [5, 5.41) is 6.25. The van der Waals surface area contributed by atoms with Crippen LogP contribution < -0.4 is 25.2 Å². The Labute approximate surface area is 393 Å². The molecule has 2 amide bonds. The van der Waals surface area contributed by atoms with Crippen molar-refractivity contribution in [1.82, 2.24) is 9.97 Å². The smallest absolute Gasteiger partial charge is 0.259 e. The van der Waals surface area contributed by atoms with Crippen LogP contribution in [0.3, 0.4) is 0 Å². The lowest BCUT2D eigenvalue weighted by atomic mass is 9.97. The van der Waals surface area contributed by atoms with Gasteiger partial charge in [0.25, 0.3) is 11.8 Å². The zero-order valence-corrected chi connectivity index (χ0v) is 40.3. The molecule has 0 radical (unpaired) electrons. The van der Waals surface area contributed by atoms with Crippen LogP contribution in [0.1, 0.15) is 84.2 Å². The fourth-order valence-electron chi connectivity index (χ4n) is 7.58. The number of methoxy groups -OCH3 is 1. The van der Waals surface area contributed by atoms with Crippen LogP contribution in [0, 0.1) is 13.8 Å². The molecule has 348 valence electrons. The van der Waals surface area contributed by atoms with E-state index in [1.165, 1.54) is 6.20 Å². The number of amides is 2. The van der Waals surface area contributed by atoms with E-state index in [0.717, 1.165) is 32.2 Å². The van der Waals surface area contributed by atoms with Gasteiger partial charge >= 0.3 is 0 Å². The minimum atomic E-state index is -2.70. The minimum Gasteiger partial charge on any atom is -0.497 e. The van der Waals surface area contributed by atoms with E-state index in [0.29, 0.717) is 70.7 Å². The second kappa shape index (κ2) is 23.5. The number of carbonyl (C=O) groups excluding carboxylic acids is 2. The van der Waals surface area contributed by atoms with Crippen molar-refractivity contribution in [3.05, 3.63) is 112 Å². The van der Waals surface area contributed by atoms with Crippen molar-refractivity contribution in [3.63, 3.8) is 0 Å². The average Bonchev–Trinajstić information content (AvgIpc) is 3.60. The Hall–Kier alpha value is -4.99. The Kier molecular flexibility index (Phi) is 18.4. The first-order valence-electron chi connectivity index (χ1n) is 21.6. The van der Waals surface area contributed by atoms with Crippen LogP contribution in [0.15, 0.2) is 95.0 Å². The van der Waals surface area contributed by atoms with E-state index in [2.05, 4.69) is 20.6 Å². The summed E-state index contributed by atoms with van der Waals surface area (Å²) in [6, 6.07) is 22.6. The Morgan fingerprint density at radius 2 is 1.14 bits per heavy atom. The van der Waals surface area contributed by atoms with E-state index in [9.17, 15) is 27.2 Å². The molecule has 0 atom stereocenters. The molecule has 2 aliphatic heterocycles. The van der Waals surface area contributed by atoms with Gasteiger partial charge in [-0.3, -0.25) is 9.59 Å². The highest BCUT2D eigenvalue weighted by atomic mass is 35.5. The molecule has 5 aromatic rings. The molecule has 2 saturated heterocycles. The molecule has 3 aromatic carbocycles. The normalized spacial score (nSPS) is 15.5. The van der Waals surface area contributed by atoms with Gasteiger partial charge in [0.2, 0.25) is 11.8 Å². The van der Waals surface area contributed by atoms with Crippen molar-refractivity contribution in [2.75, 3.05) is 66.2 Å². The van der Waals surface area contributed by atoms with Crippen LogP contribution in [-0.2, 0) is 0 Å². The molecular formula is C49H57ClF4N6O3S2. The second-order valence-corrected chi connectivity index (χ2v) is 17.6. The molecule has 0 bridgehead atoms. The van der Waals surface area contributed by atoms with Gasteiger partial charge in [-0.15, -0.1) is 23.5 Å². The third-order valence-corrected chi connectivity index (χ3v) is 13.0. The molecule has 2 fully saturated rings.